The molecule has 0 atom stereocenters. The van der Waals surface area contributed by atoms with Gasteiger partial charge in [0, 0.05) is 21.2 Å². The van der Waals surface area contributed by atoms with Gasteiger partial charge in [0.05, 0.1) is 188 Å². The van der Waals surface area contributed by atoms with Gasteiger partial charge in [-0.2, -0.15) is 0 Å². The Labute approximate surface area is 284 Å². The lowest BCUT2D eigenvalue weighted by Gasteiger charge is -2.09. The Hall–Kier alpha value is 0.0300. The van der Waals surface area contributed by atoms with Crippen molar-refractivity contribution in [2.24, 2.45) is 0 Å². The Kier molecular flexibility index (Phi) is 42.1. The number of carbonyl (C=O) groups is 1. The van der Waals surface area contributed by atoms with Crippen LogP contribution in [0.4, 0.5) is 0 Å². The van der Waals surface area contributed by atoms with Gasteiger partial charge in [-0.1, -0.05) is 0 Å². The molecule has 0 rings (SSSR count). The van der Waals surface area contributed by atoms with Crippen molar-refractivity contribution >= 4 is 36.4 Å². The number of hydrogen-bond donors (Lipinski definition) is 0. The molecule has 0 aromatic carbocycles. The van der Waals surface area contributed by atoms with Crippen LogP contribution in [0.25, 0.3) is 0 Å². The number of ether oxygens (including phenoxy) is 13. The van der Waals surface area contributed by atoms with Crippen molar-refractivity contribution in [3.8, 4) is 0 Å². The highest BCUT2D eigenvalue weighted by Gasteiger charge is 1.99. The second-order valence-electron chi connectivity index (χ2n) is 8.56. The van der Waals surface area contributed by atoms with Gasteiger partial charge in [0.2, 0.25) is 0 Å². The van der Waals surface area contributed by atoms with Gasteiger partial charge in [-0.15, -0.1) is 0 Å². The normalized spacial score (nSPS) is 11.4. The molecule has 0 fully saturated rings. The number of halogens is 1. The van der Waals surface area contributed by atoms with Crippen LogP contribution in [0.3, 0.4) is 0 Å². The number of methoxy groups -OCH3 is 1. The van der Waals surface area contributed by atoms with Crippen LogP contribution in [-0.2, 0) is 70.6 Å². The van der Waals surface area contributed by atoms with E-state index in [0.29, 0.717) is 165 Å². The minimum atomic E-state index is -0.286. The van der Waals surface area contributed by atoms with Gasteiger partial charge < -0.3 is 65.8 Å². The molecule has 0 radical (unpaired) electrons. The highest BCUT2D eigenvalue weighted by Crippen LogP contribution is 2.10. The zero-order chi connectivity index (χ0) is 32.6. The number of carbonyl (C=O) groups excluding carboxylic acids is 1. The first-order valence-electron chi connectivity index (χ1n) is 15.2. The first-order valence-corrected chi connectivity index (χ1v) is 18.5. The largest absolute Gasteiger partial charge is 0.469 e. The van der Waals surface area contributed by atoms with Crippen molar-refractivity contribution in [1.29, 1.82) is 0 Å². The van der Waals surface area contributed by atoms with Crippen molar-refractivity contribution in [2.75, 3.05) is 172 Å². The molecule has 0 bridgehead atoms. The van der Waals surface area contributed by atoms with Crippen molar-refractivity contribution in [3.05, 3.63) is 0 Å². The zero-order valence-corrected chi connectivity index (χ0v) is 29.8. The standard InChI is InChI=1S/C28H55IO15S/c1-31-28(30)2-3-32-4-5-33-6-7-34-8-9-35-10-11-36-12-13-37-14-15-38-16-17-39-18-19-40-20-21-41-22-23-42-24-25-43-26-27-44-45-29/h2-27H2,1H3. The second-order valence-corrected chi connectivity index (χ2v) is 10.0. The van der Waals surface area contributed by atoms with Crippen molar-refractivity contribution in [1.82, 2.24) is 0 Å². The van der Waals surface area contributed by atoms with Crippen molar-refractivity contribution < 1.29 is 70.6 Å². The van der Waals surface area contributed by atoms with E-state index in [2.05, 4.69) is 25.9 Å². The van der Waals surface area contributed by atoms with E-state index in [1.165, 1.54) is 16.3 Å². The van der Waals surface area contributed by atoms with Gasteiger partial charge in [0.1, 0.15) is 0 Å². The highest BCUT2D eigenvalue weighted by atomic mass is 127. The molecule has 0 heterocycles. The van der Waals surface area contributed by atoms with Crippen LogP contribution in [0, 0.1) is 0 Å². The maximum absolute atomic E-state index is 10.9. The van der Waals surface area contributed by atoms with E-state index in [0.717, 1.165) is 0 Å². The van der Waals surface area contributed by atoms with E-state index in [1.54, 1.807) is 0 Å². The summed E-state index contributed by atoms with van der Waals surface area (Å²) in [5.74, 6) is -0.286. The van der Waals surface area contributed by atoms with Gasteiger partial charge >= 0.3 is 5.97 Å². The maximum atomic E-state index is 10.9. The molecule has 0 aromatic heterocycles. The highest BCUT2D eigenvalue weighted by molar-refractivity contribution is 14.2. The van der Waals surface area contributed by atoms with Crippen LogP contribution in [0.5, 0.6) is 0 Å². The summed E-state index contributed by atoms with van der Waals surface area (Å²) in [6, 6.07) is 0. The van der Waals surface area contributed by atoms with Crippen LogP contribution in [0.1, 0.15) is 6.42 Å². The van der Waals surface area contributed by atoms with E-state index in [4.69, 9.17) is 61.0 Å². The minimum Gasteiger partial charge on any atom is -0.469 e. The maximum Gasteiger partial charge on any atom is 0.307 e. The van der Waals surface area contributed by atoms with Gasteiger partial charge in [0.25, 0.3) is 0 Å². The fraction of sp³-hybridized carbons (Fsp3) is 0.964. The third-order valence-electron chi connectivity index (χ3n) is 5.13. The lowest BCUT2D eigenvalue weighted by Crippen LogP contribution is -2.15. The van der Waals surface area contributed by atoms with Crippen molar-refractivity contribution in [3.63, 3.8) is 0 Å². The predicted molar refractivity (Wildman–Crippen MR) is 174 cm³/mol. The zero-order valence-electron chi connectivity index (χ0n) is 26.8. The molecular formula is C28H55IO15S. The molecule has 0 spiro atoms. The Bertz CT molecular complexity index is 572. The van der Waals surface area contributed by atoms with Crippen LogP contribution >= 0.6 is 30.4 Å². The lowest BCUT2D eigenvalue weighted by molar-refractivity contribution is -0.141. The quantitative estimate of drug-likeness (QED) is 0.0384. The summed E-state index contributed by atoms with van der Waals surface area (Å²) in [6.45, 7) is 12.4. The molecule has 0 unspecified atom stereocenters. The van der Waals surface area contributed by atoms with E-state index in [9.17, 15) is 4.79 Å². The van der Waals surface area contributed by atoms with Crippen LogP contribution in [-0.4, -0.2) is 178 Å². The molecule has 0 saturated carbocycles. The smallest absolute Gasteiger partial charge is 0.307 e. The lowest BCUT2D eigenvalue weighted by atomic mass is 10.5. The van der Waals surface area contributed by atoms with Crippen LogP contribution in [0.2, 0.25) is 0 Å². The molecular weight excluding hydrogens is 735 g/mol. The van der Waals surface area contributed by atoms with Crippen molar-refractivity contribution in [2.45, 2.75) is 6.42 Å². The topological polar surface area (TPSA) is 146 Å². The first kappa shape index (κ1) is 45.0. The first-order chi connectivity index (χ1) is 22.3. The molecule has 0 aliphatic heterocycles. The molecule has 0 aliphatic carbocycles. The molecule has 0 saturated heterocycles. The monoisotopic (exact) mass is 790 g/mol. The Morgan fingerprint density at radius 1 is 0.378 bits per heavy atom. The van der Waals surface area contributed by atoms with Crippen LogP contribution in [0.15, 0.2) is 0 Å². The molecule has 45 heavy (non-hydrogen) atoms. The molecule has 17 heteroatoms. The summed E-state index contributed by atoms with van der Waals surface area (Å²) in [5.41, 5.74) is 0. The SMILES string of the molecule is COC(=O)CCOCCOCCOCCOCCOCCOCCOCCOCCOCCOCCOCCOCCOSI. The molecule has 0 N–H and O–H groups in total. The molecule has 15 nitrogen and oxygen atoms in total. The molecule has 0 aliphatic rings. The van der Waals surface area contributed by atoms with E-state index < -0.39 is 0 Å². The fourth-order valence-electron chi connectivity index (χ4n) is 2.90. The average molecular weight is 791 g/mol. The number of rotatable bonds is 40. The molecule has 0 amide bonds. The summed E-state index contributed by atoms with van der Waals surface area (Å²) in [7, 11) is 2.65. The van der Waals surface area contributed by atoms with Crippen LogP contribution < -0.4 is 0 Å². The predicted octanol–water partition coefficient (Wildman–Crippen LogP) is 1.76. The van der Waals surface area contributed by atoms with E-state index >= 15 is 0 Å². The van der Waals surface area contributed by atoms with Gasteiger partial charge in [-0.3, -0.25) is 4.79 Å². The Morgan fingerprint density at radius 3 is 0.778 bits per heavy atom. The summed E-state index contributed by atoms with van der Waals surface area (Å²) in [4.78, 5) is 10.9. The number of esters is 1. The minimum absolute atomic E-state index is 0.244. The van der Waals surface area contributed by atoms with E-state index in [1.807, 2.05) is 0 Å². The average Bonchev–Trinajstić information content (AvgIpc) is 3.05. The van der Waals surface area contributed by atoms with Gasteiger partial charge in [-0.25, -0.2) is 0 Å². The molecule has 0 aromatic rings. The van der Waals surface area contributed by atoms with Gasteiger partial charge in [0.15, 0.2) is 0 Å². The number of hydrogen-bond acceptors (Lipinski definition) is 16. The summed E-state index contributed by atoms with van der Waals surface area (Å²) >= 11 is 2.07. The summed E-state index contributed by atoms with van der Waals surface area (Å²) < 4.78 is 74.6. The van der Waals surface area contributed by atoms with Gasteiger partial charge in [-0.05, 0) is 0 Å². The fourth-order valence-corrected chi connectivity index (χ4v) is 3.57. The third kappa shape index (κ3) is 42.0. The summed E-state index contributed by atoms with van der Waals surface area (Å²) in [5, 5.41) is 0. The van der Waals surface area contributed by atoms with E-state index in [-0.39, 0.29) is 12.4 Å². The Balaban J connectivity index is 3.05. The summed E-state index contributed by atoms with van der Waals surface area (Å²) in [6.07, 6.45) is 0.244. The third-order valence-corrected chi connectivity index (χ3v) is 6.14. The Morgan fingerprint density at radius 2 is 0.578 bits per heavy atom. The second kappa shape index (κ2) is 42.1. The molecule has 270 valence electrons.